The molecule has 0 unspecified atom stereocenters. The van der Waals surface area contributed by atoms with Crippen LogP contribution in [0, 0.1) is 12.8 Å². The number of rotatable bonds is 6. The molecule has 4 aromatic rings. The Morgan fingerprint density at radius 3 is 2.49 bits per heavy atom. The molecule has 1 aromatic heterocycles. The van der Waals surface area contributed by atoms with Gasteiger partial charge >= 0.3 is 0 Å². The van der Waals surface area contributed by atoms with Crippen molar-refractivity contribution in [3.63, 3.8) is 0 Å². The first-order valence-corrected chi connectivity index (χ1v) is 13.7. The maximum Gasteiger partial charge on any atom is 0.266 e. The van der Waals surface area contributed by atoms with Gasteiger partial charge in [0.25, 0.3) is 5.91 Å². The van der Waals surface area contributed by atoms with Crippen LogP contribution >= 0.6 is 35.0 Å². The van der Waals surface area contributed by atoms with Gasteiger partial charge < -0.3 is 4.57 Å². The molecule has 1 aliphatic heterocycles. The summed E-state index contributed by atoms with van der Waals surface area (Å²) in [5.41, 5.74) is 5.15. The van der Waals surface area contributed by atoms with E-state index in [0.717, 1.165) is 27.7 Å². The smallest absolute Gasteiger partial charge is 0.266 e. The Morgan fingerprint density at radius 1 is 1.00 bits per heavy atom. The number of para-hydroxylation sites is 1. The Kier molecular flexibility index (Phi) is 7.47. The molecule has 1 amide bonds. The van der Waals surface area contributed by atoms with Gasteiger partial charge in [0.05, 0.1) is 20.6 Å². The lowest BCUT2D eigenvalue weighted by Crippen LogP contribution is -2.32. The van der Waals surface area contributed by atoms with Crippen molar-refractivity contribution in [2.45, 2.75) is 27.3 Å². The van der Waals surface area contributed by atoms with E-state index >= 15 is 0 Å². The van der Waals surface area contributed by atoms with Crippen LogP contribution in [0.25, 0.3) is 17.0 Å². The van der Waals surface area contributed by atoms with Gasteiger partial charge in [-0.1, -0.05) is 79.0 Å². The zero-order chi connectivity index (χ0) is 26.1. The fourth-order valence-corrected chi connectivity index (χ4v) is 5.66. The number of fused-ring (bicyclic) bond motifs is 1. The highest BCUT2D eigenvalue weighted by Gasteiger charge is 2.34. The van der Waals surface area contributed by atoms with Crippen LogP contribution in [0.2, 0.25) is 10.0 Å². The molecule has 0 radical (unpaired) electrons. The first kappa shape index (κ1) is 25.7. The summed E-state index contributed by atoms with van der Waals surface area (Å²) < 4.78 is 2.18. The van der Waals surface area contributed by atoms with Crippen LogP contribution in [0.4, 0.5) is 5.69 Å². The number of aliphatic imine (C=N–C) groups is 1. The van der Waals surface area contributed by atoms with Gasteiger partial charge in [-0.15, -0.1) is 0 Å². The van der Waals surface area contributed by atoms with Crippen LogP contribution in [0.15, 0.2) is 82.8 Å². The number of carbonyl (C=O) groups excluding carboxylic acids is 1. The second-order valence-electron chi connectivity index (χ2n) is 9.63. The van der Waals surface area contributed by atoms with Crippen LogP contribution in [-0.2, 0) is 11.3 Å². The number of aromatic nitrogens is 1. The van der Waals surface area contributed by atoms with Crippen LogP contribution < -0.4 is 0 Å². The van der Waals surface area contributed by atoms with Gasteiger partial charge in [0, 0.05) is 35.8 Å². The number of hydrogen-bond donors (Lipinski definition) is 0. The van der Waals surface area contributed by atoms with E-state index < -0.39 is 0 Å². The number of amides is 1. The van der Waals surface area contributed by atoms with E-state index in [2.05, 4.69) is 43.7 Å². The number of amidine groups is 1. The van der Waals surface area contributed by atoms with Crippen LogP contribution in [0.3, 0.4) is 0 Å². The Morgan fingerprint density at radius 2 is 1.76 bits per heavy atom. The molecular formula is C30H27Cl2N3OS. The zero-order valence-corrected chi connectivity index (χ0v) is 23.2. The fourth-order valence-electron chi connectivity index (χ4n) is 4.34. The minimum atomic E-state index is -0.00845. The molecule has 0 N–H and O–H groups in total. The SMILES string of the molecule is Cc1ccc(N=C2S/C(=C/c3cn(Cc4ccc(Cl)c(Cl)c4)c4ccccc34)C(=O)N2CC(C)C)cc1. The number of halogens is 2. The van der Waals surface area contributed by atoms with Gasteiger partial charge in [0.2, 0.25) is 0 Å². The Hall–Kier alpha value is -2.99. The molecule has 0 atom stereocenters. The van der Waals surface area contributed by atoms with Crippen molar-refractivity contribution in [1.82, 2.24) is 9.47 Å². The van der Waals surface area contributed by atoms with Crippen LogP contribution in [-0.4, -0.2) is 27.1 Å². The summed E-state index contributed by atoms with van der Waals surface area (Å²) in [6, 6.07) is 22.0. The largest absolute Gasteiger partial charge is 0.342 e. The maximum atomic E-state index is 13.5. The van der Waals surface area contributed by atoms with Crippen molar-refractivity contribution in [1.29, 1.82) is 0 Å². The lowest BCUT2D eigenvalue weighted by molar-refractivity contribution is -0.122. The molecule has 2 heterocycles. The molecule has 0 saturated carbocycles. The Bertz CT molecular complexity index is 1540. The summed E-state index contributed by atoms with van der Waals surface area (Å²) in [6.07, 6.45) is 4.08. The number of thioether (sulfide) groups is 1. The van der Waals surface area contributed by atoms with Crippen molar-refractivity contribution in [2.24, 2.45) is 10.9 Å². The molecule has 4 nitrogen and oxygen atoms in total. The van der Waals surface area contributed by atoms with E-state index in [-0.39, 0.29) is 5.91 Å². The Balaban J connectivity index is 1.52. The van der Waals surface area contributed by atoms with Gasteiger partial charge in [-0.3, -0.25) is 9.69 Å². The molecule has 1 fully saturated rings. The maximum absolute atomic E-state index is 13.5. The van der Waals surface area contributed by atoms with Gasteiger partial charge in [0.1, 0.15) is 0 Å². The summed E-state index contributed by atoms with van der Waals surface area (Å²) in [7, 11) is 0. The third kappa shape index (κ3) is 5.64. The topological polar surface area (TPSA) is 37.6 Å². The van der Waals surface area contributed by atoms with Gasteiger partial charge in [-0.2, -0.15) is 0 Å². The van der Waals surface area contributed by atoms with E-state index in [1.165, 1.54) is 17.3 Å². The molecule has 0 aliphatic carbocycles. The normalized spacial score (nSPS) is 16.2. The highest BCUT2D eigenvalue weighted by Crippen LogP contribution is 2.36. The van der Waals surface area contributed by atoms with E-state index in [0.29, 0.717) is 39.1 Å². The fraction of sp³-hybridized carbons (Fsp3) is 0.200. The van der Waals surface area contributed by atoms with Crippen LogP contribution in [0.1, 0.15) is 30.5 Å². The first-order valence-electron chi connectivity index (χ1n) is 12.2. The van der Waals surface area contributed by atoms with E-state index in [1.807, 2.05) is 60.7 Å². The lowest BCUT2D eigenvalue weighted by atomic mass is 10.1. The molecule has 3 aromatic carbocycles. The Labute approximate surface area is 231 Å². The monoisotopic (exact) mass is 547 g/mol. The molecule has 5 rings (SSSR count). The molecule has 1 aliphatic rings. The van der Waals surface area contributed by atoms with Crippen molar-refractivity contribution in [3.05, 3.63) is 105 Å². The summed E-state index contributed by atoms with van der Waals surface area (Å²) in [4.78, 5) is 20.8. The quantitative estimate of drug-likeness (QED) is 0.226. The molecule has 37 heavy (non-hydrogen) atoms. The van der Waals surface area contributed by atoms with E-state index in [4.69, 9.17) is 28.2 Å². The molecule has 7 heteroatoms. The highest BCUT2D eigenvalue weighted by atomic mass is 35.5. The minimum absolute atomic E-state index is 0.00845. The van der Waals surface area contributed by atoms with Crippen molar-refractivity contribution in [2.75, 3.05) is 6.54 Å². The third-order valence-corrected chi connectivity index (χ3v) is 7.88. The minimum Gasteiger partial charge on any atom is -0.342 e. The van der Waals surface area contributed by atoms with E-state index in [9.17, 15) is 4.79 Å². The van der Waals surface area contributed by atoms with Crippen LogP contribution in [0.5, 0.6) is 0 Å². The number of hydrogen-bond acceptors (Lipinski definition) is 3. The number of aryl methyl sites for hydroxylation is 1. The van der Waals surface area contributed by atoms with Gasteiger partial charge in [-0.05, 0) is 66.6 Å². The molecule has 188 valence electrons. The number of nitrogens with zero attached hydrogens (tertiary/aromatic N) is 3. The summed E-state index contributed by atoms with van der Waals surface area (Å²) >= 11 is 13.8. The lowest BCUT2D eigenvalue weighted by Gasteiger charge is -2.17. The average molecular weight is 549 g/mol. The second kappa shape index (κ2) is 10.8. The molecule has 0 spiro atoms. The summed E-state index contributed by atoms with van der Waals surface area (Å²) in [5, 5.41) is 2.88. The summed E-state index contributed by atoms with van der Waals surface area (Å²) in [6.45, 7) is 7.53. The molecular weight excluding hydrogens is 521 g/mol. The molecule has 0 bridgehead atoms. The first-order chi connectivity index (χ1) is 17.8. The zero-order valence-electron chi connectivity index (χ0n) is 20.9. The van der Waals surface area contributed by atoms with Crippen molar-refractivity contribution < 1.29 is 4.79 Å². The summed E-state index contributed by atoms with van der Waals surface area (Å²) in [5.74, 6) is 0.311. The van der Waals surface area contributed by atoms with Crippen molar-refractivity contribution in [3.8, 4) is 0 Å². The van der Waals surface area contributed by atoms with Crippen molar-refractivity contribution >= 4 is 68.7 Å². The highest BCUT2D eigenvalue weighted by molar-refractivity contribution is 8.18. The van der Waals surface area contributed by atoms with E-state index in [1.54, 1.807) is 4.90 Å². The second-order valence-corrected chi connectivity index (χ2v) is 11.5. The standard InChI is InChI=1S/C30H27Cl2N3OS/c1-19(2)16-35-29(36)28(37-30(35)33-23-11-8-20(3)9-12-23)15-22-18-34(27-7-5-4-6-24(22)27)17-21-10-13-25(31)26(32)14-21/h4-15,18-19H,16-17H2,1-3H3/b28-15+,33-30?. The third-order valence-electron chi connectivity index (χ3n) is 6.14. The predicted octanol–water partition coefficient (Wildman–Crippen LogP) is 8.56. The number of benzene rings is 3. The van der Waals surface area contributed by atoms with Gasteiger partial charge in [0.15, 0.2) is 5.17 Å². The molecule has 1 saturated heterocycles. The van der Waals surface area contributed by atoms with Gasteiger partial charge in [-0.25, -0.2) is 4.99 Å². The average Bonchev–Trinajstić information content (AvgIpc) is 3.35. The predicted molar refractivity (Wildman–Crippen MR) is 158 cm³/mol. The number of carbonyl (C=O) groups is 1.